The van der Waals surface area contributed by atoms with Crippen molar-refractivity contribution >= 4 is 52.6 Å². The molecule has 0 unspecified atom stereocenters. The minimum absolute atomic E-state index is 0.0219. The fourth-order valence-electron chi connectivity index (χ4n) is 1.73. The van der Waals surface area contributed by atoms with Crippen LogP contribution in [0.5, 0.6) is 5.75 Å². The molecule has 1 amide bonds. The lowest BCUT2D eigenvalue weighted by atomic mass is 10.2. The molecule has 2 rings (SSSR count). The molecule has 2 aromatic rings. The number of nitrogen functional groups attached to an aromatic ring is 1. The number of hydrogen-bond donors (Lipinski definition) is 2. The van der Waals surface area contributed by atoms with Crippen molar-refractivity contribution in [3.05, 3.63) is 50.7 Å². The van der Waals surface area contributed by atoms with E-state index in [2.05, 4.69) is 21.4 Å². The van der Waals surface area contributed by atoms with Gasteiger partial charge in [-0.25, -0.2) is 10.4 Å². The summed E-state index contributed by atoms with van der Waals surface area (Å²) in [6.45, 7) is 0.110. The van der Waals surface area contributed by atoms with Crippen molar-refractivity contribution in [2.24, 2.45) is 5.10 Å². The van der Waals surface area contributed by atoms with E-state index in [9.17, 15) is 4.79 Å². The van der Waals surface area contributed by atoms with E-state index in [0.717, 1.165) is 0 Å². The number of nitrogens with zero attached hydrogens (tertiary/aromatic N) is 2. The van der Waals surface area contributed by atoms with Crippen LogP contribution < -0.4 is 15.9 Å². The Labute approximate surface area is 158 Å². The van der Waals surface area contributed by atoms with Crippen LogP contribution in [0, 0.1) is 12.3 Å². The number of terminal acetylenes is 1. The minimum Gasteiger partial charge on any atom is -0.480 e. The van der Waals surface area contributed by atoms with E-state index in [1.54, 1.807) is 24.3 Å². The fourth-order valence-corrected chi connectivity index (χ4v) is 2.33. The summed E-state index contributed by atoms with van der Waals surface area (Å²) in [5, 5.41) is 3.57. The Bertz CT molecular complexity index is 878. The molecule has 0 fully saturated rings. The number of amides is 1. The highest BCUT2D eigenvalue weighted by Crippen LogP contribution is 2.34. The Morgan fingerprint density at radius 3 is 2.80 bits per heavy atom. The maximum absolute atomic E-state index is 12.1. The van der Waals surface area contributed by atoms with Gasteiger partial charge in [-0.05, 0) is 12.1 Å². The molecule has 1 heterocycles. The van der Waals surface area contributed by atoms with Crippen molar-refractivity contribution in [1.29, 1.82) is 0 Å². The lowest BCUT2D eigenvalue weighted by Crippen LogP contribution is -2.20. The Morgan fingerprint density at radius 1 is 1.36 bits per heavy atom. The number of hydrogen-bond acceptors (Lipinski definition) is 5. The number of carbonyl (C=O) groups is 1. The molecule has 0 spiro atoms. The van der Waals surface area contributed by atoms with Gasteiger partial charge in [-0.2, -0.15) is 5.10 Å². The second-order valence-electron chi connectivity index (χ2n) is 4.52. The number of nitrogens with one attached hydrogen (secondary N) is 1. The summed E-state index contributed by atoms with van der Waals surface area (Å²) in [4.78, 5) is 15.9. The summed E-state index contributed by atoms with van der Waals surface area (Å²) in [6.07, 6.45) is 6.55. The monoisotopic (exact) mass is 396 g/mol. The van der Waals surface area contributed by atoms with Gasteiger partial charge in [-0.15, -0.1) is 6.42 Å². The molecule has 0 saturated heterocycles. The second kappa shape index (κ2) is 8.58. The average Bonchev–Trinajstić information content (AvgIpc) is 2.62. The highest BCUT2D eigenvalue weighted by molar-refractivity contribution is 6.46. The molecule has 0 bridgehead atoms. The average molecular weight is 398 g/mol. The van der Waals surface area contributed by atoms with Crippen molar-refractivity contribution < 1.29 is 9.53 Å². The maximum Gasteiger partial charge on any atom is 0.291 e. The van der Waals surface area contributed by atoms with Gasteiger partial charge >= 0.3 is 0 Å². The van der Waals surface area contributed by atoms with Crippen LogP contribution in [0.1, 0.15) is 16.1 Å². The lowest BCUT2D eigenvalue weighted by molar-refractivity contribution is 0.0950. The summed E-state index contributed by atoms with van der Waals surface area (Å²) >= 11 is 17.6. The topological polar surface area (TPSA) is 89.6 Å². The maximum atomic E-state index is 12.1. The van der Waals surface area contributed by atoms with Gasteiger partial charge in [0.05, 0.1) is 16.9 Å². The molecule has 1 aromatic carbocycles. The highest BCUT2D eigenvalue weighted by atomic mass is 35.5. The molecule has 3 N–H and O–H groups in total. The van der Waals surface area contributed by atoms with Crippen molar-refractivity contribution in [2.45, 2.75) is 0 Å². The van der Waals surface area contributed by atoms with Gasteiger partial charge in [-0.3, -0.25) is 4.79 Å². The Balaban J connectivity index is 2.16. The van der Waals surface area contributed by atoms with E-state index >= 15 is 0 Å². The van der Waals surface area contributed by atoms with Crippen molar-refractivity contribution in [1.82, 2.24) is 10.4 Å². The molecule has 0 aliphatic heterocycles. The van der Waals surface area contributed by atoms with Crippen LogP contribution >= 0.6 is 34.8 Å². The Hall–Kier alpha value is -2.46. The van der Waals surface area contributed by atoms with E-state index in [1.165, 1.54) is 6.21 Å². The summed E-state index contributed by atoms with van der Waals surface area (Å²) in [5.74, 6) is 2.19. The minimum atomic E-state index is -0.700. The summed E-state index contributed by atoms with van der Waals surface area (Å²) < 4.78 is 5.37. The summed E-state index contributed by atoms with van der Waals surface area (Å²) in [7, 11) is 0. The van der Waals surface area contributed by atoms with Crippen molar-refractivity contribution in [3.8, 4) is 18.1 Å². The largest absolute Gasteiger partial charge is 0.480 e. The van der Waals surface area contributed by atoms with E-state index in [-0.39, 0.29) is 33.2 Å². The van der Waals surface area contributed by atoms with Gasteiger partial charge in [0.25, 0.3) is 5.91 Å². The summed E-state index contributed by atoms with van der Waals surface area (Å²) in [5.41, 5.74) is 8.33. The van der Waals surface area contributed by atoms with Gasteiger partial charge < -0.3 is 10.5 Å². The molecule has 0 atom stereocenters. The SMILES string of the molecule is C#CCOc1ccccc1/C=N/NC(=O)c1nc(Cl)c(Cl)c(N)c1Cl. The van der Waals surface area contributed by atoms with Crippen LogP contribution in [-0.4, -0.2) is 23.7 Å². The first kappa shape index (κ1) is 18.9. The number of para-hydroxylation sites is 1. The van der Waals surface area contributed by atoms with Crippen LogP contribution in [0.3, 0.4) is 0 Å². The number of rotatable bonds is 5. The van der Waals surface area contributed by atoms with Gasteiger partial charge in [0.2, 0.25) is 0 Å². The molecule has 6 nitrogen and oxygen atoms in total. The number of ether oxygens (including phenoxy) is 1. The van der Waals surface area contributed by atoms with E-state index in [0.29, 0.717) is 11.3 Å². The van der Waals surface area contributed by atoms with Crippen LogP contribution in [0.15, 0.2) is 29.4 Å². The van der Waals surface area contributed by atoms with E-state index in [4.69, 9.17) is 51.7 Å². The standard InChI is InChI=1S/C16H11Cl3N4O2/c1-2-7-25-10-6-4-3-5-9(10)8-21-23-16(24)14-11(17)13(20)12(18)15(19)22-14/h1,3-6,8H,7H2,(H2,20,22)(H,23,24)/b21-8+. The van der Waals surface area contributed by atoms with Crippen molar-refractivity contribution in [2.75, 3.05) is 12.3 Å². The third-order valence-electron chi connectivity index (χ3n) is 2.89. The van der Waals surface area contributed by atoms with Gasteiger partial charge in [0.1, 0.15) is 17.4 Å². The fraction of sp³-hybridized carbons (Fsp3) is 0.0625. The number of carbonyl (C=O) groups excluding carboxylic acids is 1. The van der Waals surface area contributed by atoms with E-state index in [1.807, 2.05) is 0 Å². The number of benzene rings is 1. The first-order chi connectivity index (χ1) is 12.0. The molecule has 9 heteroatoms. The first-order valence-corrected chi connectivity index (χ1v) is 7.87. The molecule has 1 aromatic heterocycles. The molecule has 0 aliphatic carbocycles. The highest BCUT2D eigenvalue weighted by Gasteiger charge is 2.19. The Kier molecular flexibility index (Phi) is 6.48. The molecule has 25 heavy (non-hydrogen) atoms. The van der Waals surface area contributed by atoms with Crippen LogP contribution in [0.4, 0.5) is 5.69 Å². The number of aromatic nitrogens is 1. The first-order valence-electron chi connectivity index (χ1n) is 6.74. The van der Waals surface area contributed by atoms with Gasteiger partial charge in [-0.1, -0.05) is 52.9 Å². The molecule has 0 aliphatic rings. The lowest BCUT2D eigenvalue weighted by Gasteiger charge is -2.08. The second-order valence-corrected chi connectivity index (χ2v) is 5.64. The predicted octanol–water partition coefficient (Wildman–Crippen LogP) is 3.40. The third-order valence-corrected chi connectivity index (χ3v) is 4.02. The molecule has 128 valence electrons. The number of nitrogens with two attached hydrogens (primary N) is 1. The van der Waals surface area contributed by atoms with Gasteiger partial charge in [0.15, 0.2) is 10.8 Å². The molecule has 0 radical (unpaired) electrons. The zero-order valence-corrected chi connectivity index (χ0v) is 14.9. The normalized spacial score (nSPS) is 10.5. The number of pyridine rings is 1. The Morgan fingerprint density at radius 2 is 2.08 bits per heavy atom. The number of halogens is 3. The van der Waals surface area contributed by atoms with Crippen LogP contribution in [-0.2, 0) is 0 Å². The van der Waals surface area contributed by atoms with Gasteiger partial charge in [0, 0.05) is 5.56 Å². The van der Waals surface area contributed by atoms with Crippen molar-refractivity contribution in [3.63, 3.8) is 0 Å². The van der Waals surface area contributed by atoms with Crippen LogP contribution in [0.2, 0.25) is 15.2 Å². The smallest absolute Gasteiger partial charge is 0.291 e. The van der Waals surface area contributed by atoms with Crippen LogP contribution in [0.25, 0.3) is 0 Å². The molecule has 0 saturated carbocycles. The van der Waals surface area contributed by atoms with E-state index < -0.39 is 5.91 Å². The number of hydrazone groups is 1. The third kappa shape index (κ3) is 4.54. The molecular formula is C16H11Cl3N4O2. The molecular weight excluding hydrogens is 387 g/mol. The summed E-state index contributed by atoms with van der Waals surface area (Å²) in [6, 6.07) is 7.02. The quantitative estimate of drug-likeness (QED) is 0.350. The number of anilines is 1. The predicted molar refractivity (Wildman–Crippen MR) is 99.5 cm³/mol. The zero-order chi connectivity index (χ0) is 18.4. The zero-order valence-electron chi connectivity index (χ0n) is 12.6.